The average Bonchev–Trinajstić information content (AvgIpc) is 2.26. The van der Waals surface area contributed by atoms with Crippen molar-refractivity contribution in [3.63, 3.8) is 0 Å². The molecule has 19 heavy (non-hydrogen) atoms. The second kappa shape index (κ2) is 6.11. The van der Waals surface area contributed by atoms with Gasteiger partial charge in [0.15, 0.2) is 6.29 Å². The zero-order valence-corrected chi connectivity index (χ0v) is 11.2. The molecule has 0 unspecified atom stereocenters. The van der Waals surface area contributed by atoms with Crippen LogP contribution in [0.2, 0.25) is 0 Å². The van der Waals surface area contributed by atoms with Crippen molar-refractivity contribution in [3.8, 4) is 0 Å². The zero-order chi connectivity index (χ0) is 14.8. The summed E-state index contributed by atoms with van der Waals surface area (Å²) in [5.74, 6) is -0.549. The molecular formula is C9H17NO8S. The number of ether oxygens (including phenoxy) is 1. The van der Waals surface area contributed by atoms with Crippen molar-refractivity contribution in [1.29, 1.82) is 0 Å². The van der Waals surface area contributed by atoms with Gasteiger partial charge in [0.25, 0.3) is 10.1 Å². The number of hydrogen-bond donors (Lipinski definition) is 4. The van der Waals surface area contributed by atoms with Crippen molar-refractivity contribution in [2.75, 3.05) is 12.9 Å². The molecule has 5 atom stereocenters. The van der Waals surface area contributed by atoms with E-state index in [-0.39, 0.29) is 0 Å². The first-order valence-electron chi connectivity index (χ1n) is 5.43. The van der Waals surface area contributed by atoms with Crippen LogP contribution in [0.15, 0.2) is 0 Å². The molecule has 1 heterocycles. The van der Waals surface area contributed by atoms with Gasteiger partial charge in [-0.15, -0.1) is 0 Å². The van der Waals surface area contributed by atoms with Crippen molar-refractivity contribution in [1.82, 2.24) is 5.32 Å². The molecule has 1 aliphatic rings. The van der Waals surface area contributed by atoms with Gasteiger partial charge >= 0.3 is 0 Å². The highest BCUT2D eigenvalue weighted by Crippen LogP contribution is 2.23. The normalized spacial score (nSPS) is 35.9. The molecule has 10 heteroatoms. The van der Waals surface area contributed by atoms with E-state index in [1.165, 1.54) is 0 Å². The molecule has 0 aromatic carbocycles. The number of aliphatic hydroxyl groups is 3. The van der Waals surface area contributed by atoms with Crippen LogP contribution in [0.25, 0.3) is 0 Å². The molecule has 9 nitrogen and oxygen atoms in total. The Labute approximate surface area is 110 Å². The Morgan fingerprint density at radius 1 is 1.42 bits per heavy atom. The molecule has 1 aliphatic heterocycles. The first-order valence-corrected chi connectivity index (χ1v) is 7.25. The Morgan fingerprint density at radius 2 is 2.00 bits per heavy atom. The van der Waals surface area contributed by atoms with Crippen LogP contribution in [0.1, 0.15) is 6.92 Å². The molecule has 0 aliphatic carbocycles. The van der Waals surface area contributed by atoms with Crippen LogP contribution < -0.4 is 5.32 Å². The van der Waals surface area contributed by atoms with Gasteiger partial charge in [0.1, 0.15) is 24.4 Å². The fourth-order valence-corrected chi connectivity index (χ4v) is 2.43. The van der Waals surface area contributed by atoms with Gasteiger partial charge < -0.3 is 25.4 Å². The molecule has 0 spiro atoms. The lowest BCUT2D eigenvalue weighted by atomic mass is 9.97. The van der Waals surface area contributed by atoms with Gasteiger partial charge in [0.05, 0.1) is 12.9 Å². The topological polar surface area (TPSA) is 142 Å². The molecule has 112 valence electrons. The monoisotopic (exact) mass is 299 g/mol. The lowest BCUT2D eigenvalue weighted by molar-refractivity contribution is -0.247. The minimum Gasteiger partial charge on any atom is -0.394 e. The highest BCUT2D eigenvalue weighted by Gasteiger charge is 2.47. The van der Waals surface area contributed by atoms with E-state index in [2.05, 4.69) is 9.50 Å². The largest absolute Gasteiger partial charge is 0.394 e. The van der Waals surface area contributed by atoms with Gasteiger partial charge in [-0.1, -0.05) is 0 Å². The van der Waals surface area contributed by atoms with Crippen molar-refractivity contribution < 1.29 is 37.5 Å². The number of hydrogen-bond acceptors (Lipinski definition) is 8. The number of rotatable bonds is 4. The lowest BCUT2D eigenvalue weighted by Gasteiger charge is -2.41. The average molecular weight is 299 g/mol. The van der Waals surface area contributed by atoms with Crippen LogP contribution >= 0.6 is 0 Å². The number of carbonyl (C=O) groups excluding carboxylic acids is 1. The molecule has 4 N–H and O–H groups in total. The van der Waals surface area contributed by atoms with E-state index >= 15 is 0 Å². The number of carbonyl (C=O) groups is 1. The molecule has 1 saturated heterocycles. The van der Waals surface area contributed by atoms with E-state index in [1.54, 1.807) is 0 Å². The maximum Gasteiger partial charge on any atom is 0.264 e. The summed E-state index contributed by atoms with van der Waals surface area (Å²) in [5, 5.41) is 30.8. The number of amides is 1. The Kier molecular flexibility index (Phi) is 5.24. The molecular weight excluding hydrogens is 282 g/mol. The Hall–Kier alpha value is -0.780. The molecule has 1 rings (SSSR count). The minimum atomic E-state index is -3.91. The summed E-state index contributed by atoms with van der Waals surface area (Å²) in [4.78, 5) is 10.9. The summed E-state index contributed by atoms with van der Waals surface area (Å²) in [5.41, 5.74) is 0. The van der Waals surface area contributed by atoms with Gasteiger partial charge in [-0.3, -0.25) is 8.98 Å². The SMILES string of the molecule is CC(=O)N[C@H]1[C@@H](O)[C@H](OS(C)(=O)=O)[C@H](CO)O[C@@H]1O. The first-order chi connectivity index (χ1) is 8.65. The second-order valence-electron chi connectivity index (χ2n) is 4.23. The Balaban J connectivity index is 2.94. The fourth-order valence-electron chi connectivity index (χ4n) is 1.79. The van der Waals surface area contributed by atoms with Gasteiger partial charge in [-0.05, 0) is 0 Å². The quantitative estimate of drug-likeness (QED) is 0.400. The van der Waals surface area contributed by atoms with E-state index in [9.17, 15) is 23.4 Å². The van der Waals surface area contributed by atoms with Gasteiger partial charge in [0, 0.05) is 6.92 Å². The summed E-state index contributed by atoms with van der Waals surface area (Å²) in [6, 6.07) is -1.26. The van der Waals surface area contributed by atoms with Crippen LogP contribution in [-0.4, -0.2) is 73.2 Å². The van der Waals surface area contributed by atoms with Crippen LogP contribution in [0.3, 0.4) is 0 Å². The zero-order valence-electron chi connectivity index (χ0n) is 10.4. The highest BCUT2D eigenvalue weighted by molar-refractivity contribution is 7.86. The van der Waals surface area contributed by atoms with Crippen molar-refractivity contribution in [2.24, 2.45) is 0 Å². The summed E-state index contributed by atoms with van der Waals surface area (Å²) >= 11 is 0. The van der Waals surface area contributed by atoms with Crippen LogP contribution in [0, 0.1) is 0 Å². The lowest BCUT2D eigenvalue weighted by Crippen LogP contribution is -2.64. The molecule has 1 fully saturated rings. The molecule has 0 aromatic heterocycles. The summed E-state index contributed by atoms with van der Waals surface area (Å²) in [6.45, 7) is 0.491. The van der Waals surface area contributed by atoms with Gasteiger partial charge in [-0.2, -0.15) is 8.42 Å². The van der Waals surface area contributed by atoms with E-state index in [0.29, 0.717) is 0 Å². The summed E-state index contributed by atoms with van der Waals surface area (Å²) in [7, 11) is -3.91. The minimum absolute atomic E-state index is 0.549. The van der Waals surface area contributed by atoms with Crippen molar-refractivity contribution in [2.45, 2.75) is 37.6 Å². The fraction of sp³-hybridized carbons (Fsp3) is 0.889. The van der Waals surface area contributed by atoms with Crippen molar-refractivity contribution >= 4 is 16.0 Å². The van der Waals surface area contributed by atoms with E-state index < -0.39 is 53.3 Å². The smallest absolute Gasteiger partial charge is 0.264 e. The van der Waals surface area contributed by atoms with Crippen LogP contribution in [-0.2, 0) is 23.8 Å². The second-order valence-corrected chi connectivity index (χ2v) is 5.83. The standard InChI is InChI=1S/C9H17NO8S/c1-4(12)10-6-7(13)8(18-19(2,15)16)5(3-11)17-9(6)14/h5-9,11,13-14H,3H2,1-2H3,(H,10,12)/t5-,6-,7+,8+,9-/m0/s1. The number of nitrogens with one attached hydrogen (secondary N) is 1. The van der Waals surface area contributed by atoms with Crippen LogP contribution in [0.4, 0.5) is 0 Å². The number of aliphatic hydroxyl groups excluding tert-OH is 3. The van der Waals surface area contributed by atoms with E-state index in [4.69, 9.17) is 9.84 Å². The van der Waals surface area contributed by atoms with E-state index in [1.807, 2.05) is 0 Å². The molecule has 0 aromatic rings. The third-order valence-corrected chi connectivity index (χ3v) is 3.10. The predicted octanol–water partition coefficient (Wildman–Crippen LogP) is -3.09. The molecule has 1 amide bonds. The van der Waals surface area contributed by atoms with Gasteiger partial charge in [0.2, 0.25) is 5.91 Å². The van der Waals surface area contributed by atoms with E-state index in [0.717, 1.165) is 13.2 Å². The van der Waals surface area contributed by atoms with Crippen LogP contribution in [0.5, 0.6) is 0 Å². The van der Waals surface area contributed by atoms with Crippen molar-refractivity contribution in [3.05, 3.63) is 0 Å². The predicted molar refractivity (Wildman–Crippen MR) is 61.3 cm³/mol. The first kappa shape index (κ1) is 16.3. The molecule has 0 bridgehead atoms. The Morgan fingerprint density at radius 3 is 2.42 bits per heavy atom. The third kappa shape index (κ3) is 4.37. The summed E-state index contributed by atoms with van der Waals surface area (Å²) in [6.07, 6.45) is -5.04. The van der Waals surface area contributed by atoms with Gasteiger partial charge in [-0.25, -0.2) is 0 Å². The maximum absolute atomic E-state index is 11.1. The Bertz CT molecular complexity index is 424. The maximum atomic E-state index is 11.1. The molecule has 0 saturated carbocycles. The highest BCUT2D eigenvalue weighted by atomic mass is 32.2. The molecule has 0 radical (unpaired) electrons. The summed E-state index contributed by atoms with van der Waals surface area (Å²) < 4.78 is 31.7. The third-order valence-electron chi connectivity index (χ3n) is 2.53.